The second-order valence-corrected chi connectivity index (χ2v) is 7.06. The summed E-state index contributed by atoms with van der Waals surface area (Å²) in [6, 6.07) is 10.2. The molecule has 2 atom stereocenters. The highest BCUT2D eigenvalue weighted by molar-refractivity contribution is 8.77. The Balaban J connectivity index is 2.23. The van der Waals surface area contributed by atoms with Gasteiger partial charge in [0.15, 0.2) is 0 Å². The third-order valence-electron chi connectivity index (χ3n) is 2.49. The van der Waals surface area contributed by atoms with Gasteiger partial charge in [-0.3, -0.25) is 0 Å². The smallest absolute Gasteiger partial charge is 0.0857 e. The Morgan fingerprint density at radius 1 is 1.21 bits per heavy atom. The van der Waals surface area contributed by atoms with E-state index in [9.17, 15) is 5.11 Å². The van der Waals surface area contributed by atoms with Gasteiger partial charge in [0.25, 0.3) is 0 Å². The van der Waals surface area contributed by atoms with Crippen molar-refractivity contribution in [3.8, 4) is 0 Å². The molecule has 1 aromatic carbocycles. The standard InChI is InChI=1S/C11H14OS2/c1-11(2)10(12)9(13-14-11)8-6-4-3-5-7-8/h3-7,9-10,12H,1-2H3/t9-,10+/m1/s1. The molecule has 0 aromatic heterocycles. The van der Waals surface area contributed by atoms with Crippen LogP contribution in [0.2, 0.25) is 0 Å². The lowest BCUT2D eigenvalue weighted by Gasteiger charge is -2.22. The van der Waals surface area contributed by atoms with Gasteiger partial charge in [0.2, 0.25) is 0 Å². The molecule has 76 valence electrons. The van der Waals surface area contributed by atoms with E-state index in [1.165, 1.54) is 5.56 Å². The Hall–Kier alpha value is -0.120. The summed E-state index contributed by atoms with van der Waals surface area (Å²) in [5.41, 5.74) is 1.23. The summed E-state index contributed by atoms with van der Waals surface area (Å²) in [4.78, 5) is 0. The third-order valence-corrected chi connectivity index (χ3v) is 6.20. The first-order valence-corrected chi connectivity index (χ1v) is 6.90. The SMILES string of the molecule is CC1(C)SS[C@H](c2ccccc2)[C@@H]1O. The molecule has 0 saturated carbocycles. The Morgan fingerprint density at radius 3 is 2.36 bits per heavy atom. The molecule has 1 N–H and O–H groups in total. The Morgan fingerprint density at radius 2 is 1.86 bits per heavy atom. The largest absolute Gasteiger partial charge is 0.390 e. The lowest BCUT2D eigenvalue weighted by Crippen LogP contribution is -2.31. The number of aliphatic hydroxyl groups excluding tert-OH is 1. The fraction of sp³-hybridized carbons (Fsp3) is 0.455. The summed E-state index contributed by atoms with van der Waals surface area (Å²) in [5.74, 6) is 0. The molecule has 2 rings (SSSR count). The Bertz CT molecular complexity index is 310. The minimum absolute atomic E-state index is 0.0365. The second-order valence-electron chi connectivity index (χ2n) is 4.06. The van der Waals surface area contributed by atoms with Crippen LogP contribution in [0.3, 0.4) is 0 Å². The van der Waals surface area contributed by atoms with Crippen LogP contribution in [0.25, 0.3) is 0 Å². The van der Waals surface area contributed by atoms with Gasteiger partial charge in [0.1, 0.15) is 0 Å². The van der Waals surface area contributed by atoms with Gasteiger partial charge in [-0.25, -0.2) is 0 Å². The van der Waals surface area contributed by atoms with Crippen LogP contribution in [0.1, 0.15) is 24.7 Å². The molecule has 1 aliphatic rings. The molecule has 1 fully saturated rings. The molecule has 0 bridgehead atoms. The predicted molar refractivity (Wildman–Crippen MR) is 64.5 cm³/mol. The summed E-state index contributed by atoms with van der Waals surface area (Å²) >= 11 is 0. The van der Waals surface area contributed by atoms with Crippen molar-refractivity contribution in [2.45, 2.75) is 29.9 Å². The maximum atomic E-state index is 10.1. The minimum Gasteiger partial charge on any atom is -0.390 e. The first kappa shape index (κ1) is 10.4. The van der Waals surface area contributed by atoms with Crippen molar-refractivity contribution in [2.24, 2.45) is 0 Å². The number of aliphatic hydroxyl groups is 1. The van der Waals surface area contributed by atoms with E-state index in [0.717, 1.165) is 0 Å². The van der Waals surface area contributed by atoms with Crippen LogP contribution in [0.15, 0.2) is 30.3 Å². The van der Waals surface area contributed by atoms with Crippen molar-refractivity contribution in [2.75, 3.05) is 0 Å². The fourth-order valence-electron chi connectivity index (χ4n) is 1.52. The molecule has 1 aliphatic heterocycles. The molecule has 3 heteroatoms. The van der Waals surface area contributed by atoms with Crippen molar-refractivity contribution in [1.29, 1.82) is 0 Å². The highest BCUT2D eigenvalue weighted by Gasteiger charge is 2.43. The summed E-state index contributed by atoms with van der Waals surface area (Å²) in [6.45, 7) is 4.19. The first-order valence-electron chi connectivity index (χ1n) is 4.69. The quantitative estimate of drug-likeness (QED) is 0.742. The number of rotatable bonds is 1. The number of benzene rings is 1. The van der Waals surface area contributed by atoms with Gasteiger partial charge >= 0.3 is 0 Å². The van der Waals surface area contributed by atoms with E-state index in [1.807, 2.05) is 18.2 Å². The zero-order valence-corrected chi connectivity index (χ0v) is 9.94. The molecule has 1 heterocycles. The fourth-order valence-corrected chi connectivity index (χ4v) is 4.91. The van der Waals surface area contributed by atoms with Crippen molar-refractivity contribution in [3.05, 3.63) is 35.9 Å². The van der Waals surface area contributed by atoms with Gasteiger partial charge in [-0.1, -0.05) is 51.9 Å². The molecule has 1 saturated heterocycles. The lowest BCUT2D eigenvalue weighted by molar-refractivity contribution is 0.143. The summed E-state index contributed by atoms with van der Waals surface area (Å²) in [5, 5.41) is 10.3. The second kappa shape index (κ2) is 3.80. The number of hydrogen-bond acceptors (Lipinski definition) is 3. The monoisotopic (exact) mass is 226 g/mol. The van der Waals surface area contributed by atoms with Crippen LogP contribution in [0.5, 0.6) is 0 Å². The highest BCUT2D eigenvalue weighted by atomic mass is 33.1. The average Bonchev–Trinajstić information content (AvgIpc) is 2.44. The first-order chi connectivity index (χ1) is 6.61. The molecule has 1 nitrogen and oxygen atoms in total. The molecule has 14 heavy (non-hydrogen) atoms. The Labute approximate surface area is 92.7 Å². The van der Waals surface area contributed by atoms with Crippen LogP contribution >= 0.6 is 21.6 Å². The molecule has 0 unspecified atom stereocenters. The van der Waals surface area contributed by atoms with Crippen LogP contribution in [-0.2, 0) is 0 Å². The van der Waals surface area contributed by atoms with Gasteiger partial charge in [-0.2, -0.15) is 0 Å². The molecule has 0 aliphatic carbocycles. The third kappa shape index (κ3) is 1.81. The molecule has 1 aromatic rings. The van der Waals surface area contributed by atoms with Crippen molar-refractivity contribution in [1.82, 2.24) is 0 Å². The van der Waals surface area contributed by atoms with E-state index in [2.05, 4.69) is 26.0 Å². The molecule has 0 amide bonds. The van der Waals surface area contributed by atoms with Gasteiger partial charge < -0.3 is 5.11 Å². The van der Waals surface area contributed by atoms with Crippen molar-refractivity contribution >= 4 is 21.6 Å². The van der Waals surface area contributed by atoms with E-state index in [0.29, 0.717) is 0 Å². The Kier molecular flexibility index (Phi) is 2.82. The zero-order chi connectivity index (χ0) is 10.2. The van der Waals surface area contributed by atoms with Gasteiger partial charge in [-0.15, -0.1) is 0 Å². The maximum absolute atomic E-state index is 10.1. The minimum atomic E-state index is -0.264. The van der Waals surface area contributed by atoms with Crippen LogP contribution < -0.4 is 0 Å². The van der Waals surface area contributed by atoms with Crippen LogP contribution in [-0.4, -0.2) is 16.0 Å². The number of hydrogen-bond donors (Lipinski definition) is 1. The molecular weight excluding hydrogens is 212 g/mol. The van der Waals surface area contributed by atoms with Crippen LogP contribution in [0.4, 0.5) is 0 Å². The van der Waals surface area contributed by atoms with Crippen molar-refractivity contribution < 1.29 is 5.11 Å². The van der Waals surface area contributed by atoms with Crippen LogP contribution in [0, 0.1) is 0 Å². The van der Waals surface area contributed by atoms with Crippen molar-refractivity contribution in [3.63, 3.8) is 0 Å². The lowest BCUT2D eigenvalue weighted by atomic mass is 9.98. The highest BCUT2D eigenvalue weighted by Crippen LogP contribution is 2.57. The average molecular weight is 226 g/mol. The van der Waals surface area contributed by atoms with E-state index in [4.69, 9.17) is 0 Å². The maximum Gasteiger partial charge on any atom is 0.0857 e. The van der Waals surface area contributed by atoms with Gasteiger partial charge in [-0.05, 0) is 19.4 Å². The molecular formula is C11H14OS2. The predicted octanol–water partition coefficient (Wildman–Crippen LogP) is 3.26. The normalized spacial score (nSPS) is 30.5. The zero-order valence-electron chi connectivity index (χ0n) is 8.31. The van der Waals surface area contributed by atoms with Gasteiger partial charge in [0, 0.05) is 4.75 Å². The summed E-state index contributed by atoms with van der Waals surface area (Å²) < 4.78 is -0.0365. The summed E-state index contributed by atoms with van der Waals surface area (Å²) in [7, 11) is 3.55. The van der Waals surface area contributed by atoms with E-state index in [-0.39, 0.29) is 16.1 Å². The van der Waals surface area contributed by atoms with E-state index in [1.54, 1.807) is 21.6 Å². The summed E-state index contributed by atoms with van der Waals surface area (Å²) in [6.07, 6.45) is -0.264. The van der Waals surface area contributed by atoms with E-state index >= 15 is 0 Å². The van der Waals surface area contributed by atoms with E-state index < -0.39 is 0 Å². The topological polar surface area (TPSA) is 20.2 Å². The molecule has 0 radical (unpaired) electrons. The van der Waals surface area contributed by atoms with Gasteiger partial charge in [0.05, 0.1) is 11.4 Å². The molecule has 0 spiro atoms.